The van der Waals surface area contributed by atoms with Gasteiger partial charge in [0.15, 0.2) is 0 Å². The summed E-state index contributed by atoms with van der Waals surface area (Å²) in [5.41, 5.74) is 5.81. The fraction of sp³-hybridized carbons (Fsp3) is 0.200. The Bertz CT molecular complexity index is 438. The average molecular weight is 208 g/mol. The summed E-state index contributed by atoms with van der Waals surface area (Å²) < 4.78 is 17.7. The third kappa shape index (κ3) is 2.44. The molecule has 0 aliphatic rings. The Morgan fingerprint density at radius 1 is 1.67 bits per heavy atom. The van der Waals surface area contributed by atoms with E-state index in [1.807, 2.05) is 0 Å². The van der Waals surface area contributed by atoms with Gasteiger partial charge >= 0.3 is 5.97 Å². The lowest BCUT2D eigenvalue weighted by Crippen LogP contribution is -2.07. The number of carbonyl (C=O) groups excluding carboxylic acids is 1. The maximum absolute atomic E-state index is 13.3. The number of hydrogen-bond acceptors (Lipinski definition) is 4. The molecule has 0 aliphatic carbocycles. The highest BCUT2D eigenvalue weighted by molar-refractivity contribution is 5.73. The summed E-state index contributed by atoms with van der Waals surface area (Å²) in [7, 11) is 1.22. The van der Waals surface area contributed by atoms with Crippen LogP contribution in [0.25, 0.3) is 0 Å². The molecule has 0 radical (unpaired) electrons. The quantitative estimate of drug-likeness (QED) is 0.581. The van der Waals surface area contributed by atoms with E-state index in [4.69, 9.17) is 11.0 Å². The van der Waals surface area contributed by atoms with Gasteiger partial charge in [0.05, 0.1) is 19.1 Å². The van der Waals surface area contributed by atoms with Crippen molar-refractivity contribution < 1.29 is 13.9 Å². The highest BCUT2D eigenvalue weighted by atomic mass is 19.1. The predicted octanol–water partition coefficient (Wildman–Crippen LogP) is 0.995. The number of methoxy groups -OCH3 is 1. The van der Waals surface area contributed by atoms with Crippen LogP contribution in [0.15, 0.2) is 12.1 Å². The molecule has 0 heterocycles. The van der Waals surface area contributed by atoms with Crippen LogP contribution in [0.4, 0.5) is 10.1 Å². The summed E-state index contributed by atoms with van der Waals surface area (Å²) in [6, 6.07) is 4.03. The molecule has 4 nitrogen and oxygen atoms in total. The van der Waals surface area contributed by atoms with Crippen molar-refractivity contribution in [2.75, 3.05) is 12.8 Å². The molecule has 1 rings (SSSR count). The van der Waals surface area contributed by atoms with Crippen molar-refractivity contribution in [2.45, 2.75) is 6.42 Å². The molecule has 1 aromatic rings. The van der Waals surface area contributed by atoms with Gasteiger partial charge in [0.1, 0.15) is 11.9 Å². The zero-order valence-corrected chi connectivity index (χ0v) is 8.08. The molecule has 0 aliphatic heterocycles. The molecule has 5 heteroatoms. The maximum atomic E-state index is 13.3. The standard InChI is InChI=1S/C10H9FN2O2/c1-15-10(14)4-6-3-9(13)7(5-12)2-8(6)11/h2-3H,4,13H2,1H3. The number of nitrogens with two attached hydrogens (primary N) is 1. The molecule has 0 saturated carbocycles. The summed E-state index contributed by atoms with van der Waals surface area (Å²) in [5, 5.41) is 8.57. The molecular formula is C10H9FN2O2. The molecular weight excluding hydrogens is 199 g/mol. The fourth-order valence-electron chi connectivity index (χ4n) is 1.10. The smallest absolute Gasteiger partial charge is 0.310 e. The summed E-state index contributed by atoms with van der Waals surface area (Å²) >= 11 is 0. The Morgan fingerprint density at radius 3 is 2.87 bits per heavy atom. The van der Waals surface area contributed by atoms with E-state index in [-0.39, 0.29) is 23.2 Å². The Balaban J connectivity index is 3.06. The molecule has 1 aromatic carbocycles. The van der Waals surface area contributed by atoms with Gasteiger partial charge in [-0.15, -0.1) is 0 Å². The minimum Gasteiger partial charge on any atom is -0.469 e. The number of rotatable bonds is 2. The molecule has 0 fully saturated rings. The minimum absolute atomic E-state index is 0.0566. The molecule has 0 spiro atoms. The lowest BCUT2D eigenvalue weighted by Gasteiger charge is -2.04. The lowest BCUT2D eigenvalue weighted by molar-refractivity contribution is -0.139. The van der Waals surface area contributed by atoms with Gasteiger partial charge in [-0.2, -0.15) is 5.26 Å². The molecule has 0 saturated heterocycles. The molecule has 0 aromatic heterocycles. The van der Waals surface area contributed by atoms with Crippen molar-refractivity contribution in [2.24, 2.45) is 0 Å². The number of nitrogen functional groups attached to an aromatic ring is 1. The number of ether oxygens (including phenoxy) is 1. The van der Waals surface area contributed by atoms with E-state index >= 15 is 0 Å². The number of benzene rings is 1. The number of hydrogen-bond donors (Lipinski definition) is 1. The van der Waals surface area contributed by atoms with Crippen LogP contribution in [0.5, 0.6) is 0 Å². The second kappa shape index (κ2) is 4.42. The van der Waals surface area contributed by atoms with E-state index in [2.05, 4.69) is 4.74 Å². The number of anilines is 1. The second-order valence-corrected chi connectivity index (χ2v) is 2.90. The van der Waals surface area contributed by atoms with Crippen molar-refractivity contribution in [1.82, 2.24) is 0 Å². The highest BCUT2D eigenvalue weighted by Gasteiger charge is 2.11. The van der Waals surface area contributed by atoms with Gasteiger partial charge in [0.25, 0.3) is 0 Å². The molecule has 2 N–H and O–H groups in total. The first-order valence-corrected chi connectivity index (χ1v) is 4.13. The van der Waals surface area contributed by atoms with Crippen LogP contribution in [0.1, 0.15) is 11.1 Å². The second-order valence-electron chi connectivity index (χ2n) is 2.90. The largest absolute Gasteiger partial charge is 0.469 e. The molecule has 0 unspecified atom stereocenters. The first-order chi connectivity index (χ1) is 7.08. The third-order valence-corrected chi connectivity index (χ3v) is 1.90. The SMILES string of the molecule is COC(=O)Cc1cc(N)c(C#N)cc1F. The molecule has 78 valence electrons. The first kappa shape index (κ1) is 11.0. The van der Waals surface area contributed by atoms with Gasteiger partial charge in [-0.3, -0.25) is 4.79 Å². The Morgan fingerprint density at radius 2 is 2.33 bits per heavy atom. The van der Waals surface area contributed by atoms with Crippen molar-refractivity contribution in [3.63, 3.8) is 0 Å². The molecule has 0 atom stereocenters. The normalized spacial score (nSPS) is 9.40. The van der Waals surface area contributed by atoms with E-state index in [1.54, 1.807) is 6.07 Å². The number of carbonyl (C=O) groups is 1. The topological polar surface area (TPSA) is 76.1 Å². The van der Waals surface area contributed by atoms with Crippen LogP contribution in [0.2, 0.25) is 0 Å². The Hall–Kier alpha value is -2.09. The van der Waals surface area contributed by atoms with Crippen molar-refractivity contribution in [3.8, 4) is 6.07 Å². The molecule has 0 amide bonds. The molecule has 0 bridgehead atoms. The van der Waals surface area contributed by atoms with Gasteiger partial charge in [-0.05, 0) is 12.1 Å². The van der Waals surface area contributed by atoms with Crippen LogP contribution in [0.3, 0.4) is 0 Å². The van der Waals surface area contributed by atoms with Crippen LogP contribution in [-0.2, 0) is 16.0 Å². The van der Waals surface area contributed by atoms with E-state index in [0.717, 1.165) is 6.07 Å². The first-order valence-electron chi connectivity index (χ1n) is 4.13. The van der Waals surface area contributed by atoms with Gasteiger partial charge in [-0.1, -0.05) is 0 Å². The van der Waals surface area contributed by atoms with Crippen LogP contribution >= 0.6 is 0 Å². The van der Waals surface area contributed by atoms with E-state index < -0.39 is 11.8 Å². The fourth-order valence-corrected chi connectivity index (χ4v) is 1.10. The highest BCUT2D eigenvalue weighted by Crippen LogP contribution is 2.18. The van der Waals surface area contributed by atoms with E-state index in [1.165, 1.54) is 13.2 Å². The number of nitrogens with zero attached hydrogens (tertiary/aromatic N) is 1. The van der Waals surface area contributed by atoms with Crippen molar-refractivity contribution in [3.05, 3.63) is 29.1 Å². The van der Waals surface area contributed by atoms with Crippen LogP contribution in [-0.4, -0.2) is 13.1 Å². The van der Waals surface area contributed by atoms with Gasteiger partial charge < -0.3 is 10.5 Å². The lowest BCUT2D eigenvalue weighted by atomic mass is 10.1. The predicted molar refractivity (Wildman–Crippen MR) is 51.2 cm³/mol. The zero-order chi connectivity index (χ0) is 11.4. The Labute approximate surface area is 86.1 Å². The van der Waals surface area contributed by atoms with Crippen molar-refractivity contribution >= 4 is 11.7 Å². The van der Waals surface area contributed by atoms with Crippen LogP contribution < -0.4 is 5.73 Å². The number of halogens is 1. The van der Waals surface area contributed by atoms with Gasteiger partial charge in [-0.25, -0.2) is 4.39 Å². The van der Waals surface area contributed by atoms with E-state index in [9.17, 15) is 9.18 Å². The monoisotopic (exact) mass is 208 g/mol. The number of nitriles is 1. The maximum Gasteiger partial charge on any atom is 0.310 e. The van der Waals surface area contributed by atoms with E-state index in [0.29, 0.717) is 0 Å². The summed E-state index contributed by atoms with van der Waals surface area (Å²) in [6.07, 6.45) is -0.196. The third-order valence-electron chi connectivity index (χ3n) is 1.90. The van der Waals surface area contributed by atoms with Crippen molar-refractivity contribution in [1.29, 1.82) is 5.26 Å². The zero-order valence-electron chi connectivity index (χ0n) is 8.08. The molecule has 15 heavy (non-hydrogen) atoms. The summed E-state index contributed by atoms with van der Waals surface area (Å²) in [6.45, 7) is 0. The van der Waals surface area contributed by atoms with Gasteiger partial charge in [0.2, 0.25) is 0 Å². The minimum atomic E-state index is -0.633. The summed E-state index contributed by atoms with van der Waals surface area (Å²) in [4.78, 5) is 10.9. The Kier molecular flexibility index (Phi) is 3.24. The van der Waals surface area contributed by atoms with Gasteiger partial charge in [0, 0.05) is 11.3 Å². The number of esters is 1. The van der Waals surface area contributed by atoms with Crippen LogP contribution in [0, 0.1) is 17.1 Å². The average Bonchev–Trinajstić information content (AvgIpc) is 2.22. The summed E-state index contributed by atoms with van der Waals surface area (Å²) in [5.74, 6) is -1.19.